The molecular formula is C19H30ClN3O. The number of rotatable bonds is 4. The second-order valence-electron chi connectivity index (χ2n) is 7.17. The third-order valence-electron chi connectivity index (χ3n) is 5.54. The van der Waals surface area contributed by atoms with E-state index in [1.165, 1.54) is 24.8 Å². The van der Waals surface area contributed by atoms with Gasteiger partial charge in [0.1, 0.15) is 0 Å². The van der Waals surface area contributed by atoms with Gasteiger partial charge in [0.25, 0.3) is 0 Å². The highest BCUT2D eigenvalue weighted by atomic mass is 35.5. The Kier molecular flexibility index (Phi) is 7.08. The highest BCUT2D eigenvalue weighted by molar-refractivity contribution is 5.85. The van der Waals surface area contributed by atoms with Crippen molar-refractivity contribution in [2.45, 2.75) is 50.1 Å². The lowest BCUT2D eigenvalue weighted by Gasteiger charge is -2.32. The SMILES string of the molecule is CN(C(=O)CN1C[C@@H](N)[C@H](c2ccccc2)C1)C1CCCCC1.Cl. The van der Waals surface area contributed by atoms with Crippen molar-refractivity contribution in [3.8, 4) is 0 Å². The topological polar surface area (TPSA) is 49.6 Å². The van der Waals surface area contributed by atoms with Crippen LogP contribution in [0.2, 0.25) is 0 Å². The molecule has 1 aliphatic carbocycles. The predicted octanol–water partition coefficient (Wildman–Crippen LogP) is 2.63. The smallest absolute Gasteiger partial charge is 0.236 e. The molecule has 24 heavy (non-hydrogen) atoms. The molecule has 5 heteroatoms. The van der Waals surface area contributed by atoms with Crippen LogP contribution in [-0.2, 0) is 4.79 Å². The van der Waals surface area contributed by atoms with Crippen LogP contribution < -0.4 is 5.73 Å². The summed E-state index contributed by atoms with van der Waals surface area (Å²) >= 11 is 0. The summed E-state index contributed by atoms with van der Waals surface area (Å²) in [6, 6.07) is 11.0. The Morgan fingerprint density at radius 3 is 2.50 bits per heavy atom. The van der Waals surface area contributed by atoms with E-state index in [1.54, 1.807) is 0 Å². The van der Waals surface area contributed by atoms with Crippen molar-refractivity contribution < 1.29 is 4.79 Å². The van der Waals surface area contributed by atoms with Gasteiger partial charge >= 0.3 is 0 Å². The first kappa shape index (κ1) is 19.2. The first-order chi connectivity index (χ1) is 11.1. The number of benzene rings is 1. The first-order valence-electron chi connectivity index (χ1n) is 8.93. The van der Waals surface area contributed by atoms with Gasteiger partial charge in [-0.05, 0) is 18.4 Å². The van der Waals surface area contributed by atoms with Crippen LogP contribution in [0.25, 0.3) is 0 Å². The summed E-state index contributed by atoms with van der Waals surface area (Å²) in [5.41, 5.74) is 7.62. The Balaban J connectivity index is 0.00000208. The van der Waals surface area contributed by atoms with Crippen LogP contribution in [0.15, 0.2) is 30.3 Å². The van der Waals surface area contributed by atoms with Crippen molar-refractivity contribution in [3.63, 3.8) is 0 Å². The summed E-state index contributed by atoms with van der Waals surface area (Å²) in [5, 5.41) is 0. The van der Waals surface area contributed by atoms with Crippen LogP contribution >= 0.6 is 12.4 Å². The predicted molar refractivity (Wildman–Crippen MR) is 100 cm³/mol. The highest BCUT2D eigenvalue weighted by Gasteiger charge is 2.33. The summed E-state index contributed by atoms with van der Waals surface area (Å²) in [6.07, 6.45) is 6.15. The van der Waals surface area contributed by atoms with E-state index in [0.717, 1.165) is 25.9 Å². The van der Waals surface area contributed by atoms with E-state index in [2.05, 4.69) is 29.2 Å². The molecule has 1 saturated carbocycles. The van der Waals surface area contributed by atoms with Crippen molar-refractivity contribution in [3.05, 3.63) is 35.9 Å². The molecule has 1 aromatic rings. The fourth-order valence-electron chi connectivity index (χ4n) is 4.07. The lowest BCUT2D eigenvalue weighted by molar-refractivity contribution is -0.133. The van der Waals surface area contributed by atoms with Crippen molar-refractivity contribution in [1.82, 2.24) is 9.80 Å². The van der Waals surface area contributed by atoms with Gasteiger partial charge < -0.3 is 10.6 Å². The largest absolute Gasteiger partial charge is 0.342 e. The molecule has 0 unspecified atom stereocenters. The van der Waals surface area contributed by atoms with Crippen LogP contribution in [0.5, 0.6) is 0 Å². The van der Waals surface area contributed by atoms with Crippen molar-refractivity contribution >= 4 is 18.3 Å². The zero-order valence-corrected chi connectivity index (χ0v) is 15.4. The molecule has 2 N–H and O–H groups in total. The van der Waals surface area contributed by atoms with Gasteiger partial charge in [-0.2, -0.15) is 0 Å². The van der Waals surface area contributed by atoms with E-state index < -0.39 is 0 Å². The van der Waals surface area contributed by atoms with E-state index in [0.29, 0.717) is 18.5 Å². The van der Waals surface area contributed by atoms with E-state index in [4.69, 9.17) is 5.73 Å². The summed E-state index contributed by atoms with van der Waals surface area (Å²) in [6.45, 7) is 2.20. The molecule has 0 spiro atoms. The molecule has 0 radical (unpaired) electrons. The van der Waals surface area contributed by atoms with E-state index in [9.17, 15) is 4.79 Å². The Hall–Kier alpha value is -1.10. The molecule has 2 fully saturated rings. The number of nitrogens with zero attached hydrogens (tertiary/aromatic N) is 2. The van der Waals surface area contributed by atoms with E-state index in [1.807, 2.05) is 18.0 Å². The molecule has 3 rings (SSSR count). The number of likely N-dealkylation sites (N-methyl/N-ethyl adjacent to an activating group) is 1. The van der Waals surface area contributed by atoms with Gasteiger partial charge in [-0.3, -0.25) is 9.69 Å². The molecule has 1 amide bonds. The fourth-order valence-corrected chi connectivity index (χ4v) is 4.07. The van der Waals surface area contributed by atoms with Crippen molar-refractivity contribution in [2.75, 3.05) is 26.7 Å². The van der Waals surface area contributed by atoms with Crippen LogP contribution in [0.3, 0.4) is 0 Å². The van der Waals surface area contributed by atoms with Gasteiger partial charge in [0.05, 0.1) is 6.54 Å². The summed E-state index contributed by atoms with van der Waals surface area (Å²) in [7, 11) is 1.98. The number of hydrogen-bond acceptors (Lipinski definition) is 3. The Morgan fingerprint density at radius 1 is 1.17 bits per heavy atom. The minimum atomic E-state index is 0. The average molecular weight is 352 g/mol. The average Bonchev–Trinajstić information content (AvgIpc) is 2.96. The van der Waals surface area contributed by atoms with Gasteiger partial charge in [0.2, 0.25) is 5.91 Å². The second-order valence-corrected chi connectivity index (χ2v) is 7.17. The molecule has 4 nitrogen and oxygen atoms in total. The molecule has 2 atom stereocenters. The first-order valence-corrected chi connectivity index (χ1v) is 8.93. The highest BCUT2D eigenvalue weighted by Crippen LogP contribution is 2.27. The minimum Gasteiger partial charge on any atom is -0.342 e. The Labute approximate surface area is 151 Å². The van der Waals surface area contributed by atoms with Gasteiger partial charge in [0.15, 0.2) is 0 Å². The maximum Gasteiger partial charge on any atom is 0.236 e. The van der Waals surface area contributed by atoms with E-state index >= 15 is 0 Å². The number of hydrogen-bond donors (Lipinski definition) is 1. The zero-order valence-electron chi connectivity index (χ0n) is 14.6. The number of carbonyl (C=O) groups is 1. The summed E-state index contributed by atoms with van der Waals surface area (Å²) < 4.78 is 0. The molecule has 0 bridgehead atoms. The minimum absolute atomic E-state index is 0. The molecule has 0 aromatic heterocycles. The van der Waals surface area contributed by atoms with Crippen LogP contribution in [0.1, 0.15) is 43.6 Å². The standard InChI is InChI=1S/C19H29N3O.ClH/c1-21(16-10-6-3-7-11-16)19(23)14-22-12-17(18(20)13-22)15-8-4-2-5-9-15;/h2,4-5,8-9,16-18H,3,6-7,10-14,20H2,1H3;1H/t17-,18+;/m0./s1. The lowest BCUT2D eigenvalue weighted by Crippen LogP contribution is -2.44. The molecule has 2 aliphatic rings. The lowest BCUT2D eigenvalue weighted by atomic mass is 9.94. The molecule has 1 aromatic carbocycles. The maximum atomic E-state index is 12.6. The quantitative estimate of drug-likeness (QED) is 0.907. The van der Waals surface area contributed by atoms with Gasteiger partial charge in [-0.15, -0.1) is 12.4 Å². The normalized spacial score (nSPS) is 25.2. The zero-order chi connectivity index (χ0) is 16.2. The fraction of sp³-hybridized carbons (Fsp3) is 0.632. The monoisotopic (exact) mass is 351 g/mol. The summed E-state index contributed by atoms with van der Waals surface area (Å²) in [4.78, 5) is 16.8. The van der Waals surface area contributed by atoms with Crippen LogP contribution in [0, 0.1) is 0 Å². The number of carbonyl (C=O) groups excluding carboxylic acids is 1. The van der Waals surface area contributed by atoms with Gasteiger partial charge in [-0.25, -0.2) is 0 Å². The number of halogens is 1. The molecule has 134 valence electrons. The van der Waals surface area contributed by atoms with Crippen LogP contribution in [0.4, 0.5) is 0 Å². The Morgan fingerprint density at radius 2 is 1.83 bits per heavy atom. The summed E-state index contributed by atoms with van der Waals surface area (Å²) in [5.74, 6) is 0.585. The third kappa shape index (κ3) is 4.50. The van der Waals surface area contributed by atoms with Gasteiger partial charge in [0, 0.05) is 38.1 Å². The van der Waals surface area contributed by atoms with Crippen molar-refractivity contribution in [2.24, 2.45) is 5.73 Å². The Bertz CT molecular complexity index is 519. The molecular weight excluding hydrogens is 322 g/mol. The van der Waals surface area contributed by atoms with E-state index in [-0.39, 0.29) is 24.4 Å². The number of amides is 1. The number of nitrogens with two attached hydrogens (primary N) is 1. The van der Waals surface area contributed by atoms with Crippen LogP contribution in [-0.4, -0.2) is 54.5 Å². The maximum absolute atomic E-state index is 12.6. The third-order valence-corrected chi connectivity index (χ3v) is 5.54. The molecule has 1 saturated heterocycles. The number of likely N-dealkylation sites (tertiary alicyclic amines) is 1. The molecule has 1 aliphatic heterocycles. The van der Waals surface area contributed by atoms with Crippen molar-refractivity contribution in [1.29, 1.82) is 0 Å². The second kappa shape index (κ2) is 8.84. The molecule has 1 heterocycles. The van der Waals surface area contributed by atoms with Gasteiger partial charge in [-0.1, -0.05) is 49.6 Å².